The van der Waals surface area contributed by atoms with Crippen LogP contribution in [0.4, 0.5) is 0 Å². The molecule has 0 amide bonds. The minimum Gasteiger partial charge on any atom is -0.496 e. The Labute approximate surface area is 125 Å². The van der Waals surface area contributed by atoms with E-state index in [1.54, 1.807) is 7.11 Å². The zero-order valence-corrected chi connectivity index (χ0v) is 13.0. The van der Waals surface area contributed by atoms with Crippen molar-refractivity contribution in [2.24, 2.45) is 0 Å². The molecule has 0 fully saturated rings. The van der Waals surface area contributed by atoms with Crippen LogP contribution in [-0.4, -0.2) is 28.4 Å². The van der Waals surface area contributed by atoms with Crippen molar-refractivity contribution in [3.8, 4) is 17.0 Å². The third kappa shape index (κ3) is 2.70. The number of hydrogen-bond donors (Lipinski definition) is 2. The molecule has 0 atom stereocenters. The number of nitrogens with zero attached hydrogens (tertiary/aromatic N) is 1. The van der Waals surface area contributed by atoms with Gasteiger partial charge >= 0.3 is 5.97 Å². The highest BCUT2D eigenvalue weighted by Crippen LogP contribution is 2.34. The lowest BCUT2D eigenvalue weighted by Crippen LogP contribution is -2.00. The van der Waals surface area contributed by atoms with Gasteiger partial charge in [-0.05, 0) is 53.0 Å². The van der Waals surface area contributed by atoms with Gasteiger partial charge in [0.05, 0.1) is 23.7 Å². The first-order chi connectivity index (χ1) is 9.43. The first-order valence-corrected chi connectivity index (χ1v) is 6.83. The van der Waals surface area contributed by atoms with Gasteiger partial charge in [0.15, 0.2) is 0 Å². The van der Waals surface area contributed by atoms with Crippen LogP contribution < -0.4 is 4.74 Å². The van der Waals surface area contributed by atoms with E-state index in [1.807, 2.05) is 26.0 Å². The molecule has 0 saturated carbocycles. The number of carboxylic acids is 1. The average molecular weight is 339 g/mol. The molecule has 1 aromatic heterocycles. The summed E-state index contributed by atoms with van der Waals surface area (Å²) in [5, 5.41) is 15.8. The van der Waals surface area contributed by atoms with Gasteiger partial charge < -0.3 is 9.84 Å². The summed E-state index contributed by atoms with van der Waals surface area (Å²) < 4.78 is 5.97. The van der Waals surface area contributed by atoms with Crippen LogP contribution >= 0.6 is 15.9 Å². The van der Waals surface area contributed by atoms with Crippen molar-refractivity contribution in [2.75, 3.05) is 7.11 Å². The normalized spacial score (nSPS) is 10.6. The lowest BCUT2D eigenvalue weighted by atomic mass is 10.0. The monoisotopic (exact) mass is 338 g/mol. The van der Waals surface area contributed by atoms with E-state index in [2.05, 4.69) is 26.1 Å². The lowest BCUT2D eigenvalue weighted by molar-refractivity contribution is -0.136. The van der Waals surface area contributed by atoms with Crippen molar-refractivity contribution >= 4 is 21.9 Å². The summed E-state index contributed by atoms with van der Waals surface area (Å²) in [6.07, 6.45) is -0.0955. The second-order valence-corrected chi connectivity index (χ2v) is 5.37. The predicted molar refractivity (Wildman–Crippen MR) is 79.1 cm³/mol. The summed E-state index contributed by atoms with van der Waals surface area (Å²) in [4.78, 5) is 10.8. The number of benzene rings is 1. The van der Waals surface area contributed by atoms with Crippen molar-refractivity contribution in [1.82, 2.24) is 10.2 Å². The Morgan fingerprint density at radius 3 is 2.70 bits per heavy atom. The molecule has 1 heterocycles. The van der Waals surface area contributed by atoms with E-state index in [4.69, 9.17) is 9.84 Å². The standard InChI is InChI=1S/C14H15BrN2O3/c1-7-5-11(20-3)8(2)4-9(7)14-13(15)10(16-17-14)6-12(18)19/h4-5H,6H2,1-3H3,(H,16,17)(H,18,19). The van der Waals surface area contributed by atoms with Gasteiger partial charge in [-0.2, -0.15) is 5.10 Å². The Hall–Kier alpha value is -1.82. The van der Waals surface area contributed by atoms with Crippen LogP contribution in [0.3, 0.4) is 0 Å². The molecular weight excluding hydrogens is 324 g/mol. The first kappa shape index (κ1) is 14.6. The van der Waals surface area contributed by atoms with Gasteiger partial charge in [-0.1, -0.05) is 0 Å². The number of aliphatic carboxylic acids is 1. The molecule has 6 heteroatoms. The van der Waals surface area contributed by atoms with E-state index in [9.17, 15) is 4.79 Å². The molecule has 0 aliphatic carbocycles. The van der Waals surface area contributed by atoms with Crippen LogP contribution in [0.5, 0.6) is 5.75 Å². The Kier molecular flexibility index (Phi) is 4.13. The highest BCUT2D eigenvalue weighted by Gasteiger charge is 2.17. The summed E-state index contributed by atoms with van der Waals surface area (Å²) >= 11 is 3.42. The van der Waals surface area contributed by atoms with E-state index in [-0.39, 0.29) is 6.42 Å². The minimum absolute atomic E-state index is 0.0955. The number of carbonyl (C=O) groups is 1. The van der Waals surface area contributed by atoms with Crippen LogP contribution in [0.2, 0.25) is 0 Å². The average Bonchev–Trinajstić information content (AvgIpc) is 2.73. The van der Waals surface area contributed by atoms with Crippen molar-refractivity contribution < 1.29 is 14.6 Å². The number of ether oxygens (including phenoxy) is 1. The topological polar surface area (TPSA) is 75.2 Å². The van der Waals surface area contributed by atoms with Crippen LogP contribution in [0.25, 0.3) is 11.3 Å². The minimum atomic E-state index is -0.900. The van der Waals surface area contributed by atoms with Crippen molar-refractivity contribution in [3.63, 3.8) is 0 Å². The first-order valence-electron chi connectivity index (χ1n) is 6.04. The quantitative estimate of drug-likeness (QED) is 0.898. The van der Waals surface area contributed by atoms with E-state index < -0.39 is 5.97 Å². The second kappa shape index (κ2) is 5.66. The molecule has 0 saturated heterocycles. The van der Waals surface area contributed by atoms with E-state index in [0.29, 0.717) is 15.9 Å². The number of aryl methyl sites for hydroxylation is 2. The highest BCUT2D eigenvalue weighted by atomic mass is 79.9. The largest absolute Gasteiger partial charge is 0.496 e. The highest BCUT2D eigenvalue weighted by molar-refractivity contribution is 9.10. The zero-order valence-electron chi connectivity index (χ0n) is 11.5. The molecule has 5 nitrogen and oxygen atoms in total. The van der Waals surface area contributed by atoms with Crippen LogP contribution in [-0.2, 0) is 11.2 Å². The predicted octanol–water partition coefficient (Wildman–Crippen LogP) is 3.09. The van der Waals surface area contributed by atoms with Gasteiger partial charge in [-0.15, -0.1) is 0 Å². The molecule has 0 spiro atoms. The third-order valence-electron chi connectivity index (χ3n) is 3.10. The number of carboxylic acid groups (broad SMARTS) is 1. The molecule has 2 N–H and O–H groups in total. The van der Waals surface area contributed by atoms with E-state index in [1.165, 1.54) is 0 Å². The fraction of sp³-hybridized carbons (Fsp3) is 0.286. The SMILES string of the molecule is COc1cc(C)c(-c2n[nH]c(CC(=O)O)c2Br)cc1C. The third-order valence-corrected chi connectivity index (χ3v) is 3.95. The van der Waals surface area contributed by atoms with Gasteiger partial charge in [0.25, 0.3) is 0 Å². The maximum atomic E-state index is 10.8. The van der Waals surface area contributed by atoms with Crippen LogP contribution in [0.15, 0.2) is 16.6 Å². The molecule has 0 aliphatic rings. The number of aromatic nitrogens is 2. The van der Waals surface area contributed by atoms with Crippen molar-refractivity contribution in [1.29, 1.82) is 0 Å². The van der Waals surface area contributed by atoms with Gasteiger partial charge in [-0.3, -0.25) is 9.89 Å². The molecule has 2 rings (SSSR count). The Balaban J connectivity index is 2.49. The molecule has 1 aromatic carbocycles. The van der Waals surface area contributed by atoms with E-state index in [0.717, 1.165) is 22.4 Å². The van der Waals surface area contributed by atoms with Crippen LogP contribution in [0, 0.1) is 13.8 Å². The summed E-state index contributed by atoms with van der Waals surface area (Å²) in [6, 6.07) is 3.93. The number of H-pyrrole nitrogens is 1. The zero-order chi connectivity index (χ0) is 14.9. The van der Waals surface area contributed by atoms with E-state index >= 15 is 0 Å². The Morgan fingerprint density at radius 1 is 1.40 bits per heavy atom. The second-order valence-electron chi connectivity index (χ2n) is 4.57. The molecule has 106 valence electrons. The van der Waals surface area contributed by atoms with Crippen molar-refractivity contribution in [2.45, 2.75) is 20.3 Å². The smallest absolute Gasteiger partial charge is 0.309 e. The summed E-state index contributed by atoms with van der Waals surface area (Å²) in [5.41, 5.74) is 4.23. The van der Waals surface area contributed by atoms with Gasteiger partial charge in [0.2, 0.25) is 0 Å². The molecule has 2 aromatic rings. The molecule has 0 radical (unpaired) electrons. The number of nitrogens with one attached hydrogen (secondary N) is 1. The summed E-state index contributed by atoms with van der Waals surface area (Å²) in [6.45, 7) is 3.93. The molecule has 0 aliphatic heterocycles. The van der Waals surface area contributed by atoms with Crippen molar-refractivity contribution in [3.05, 3.63) is 33.4 Å². The number of methoxy groups -OCH3 is 1. The molecule has 0 bridgehead atoms. The maximum Gasteiger partial charge on any atom is 0.309 e. The molecular formula is C14H15BrN2O3. The summed E-state index contributed by atoms with van der Waals surface area (Å²) in [7, 11) is 1.64. The number of rotatable bonds is 4. The van der Waals surface area contributed by atoms with Crippen LogP contribution in [0.1, 0.15) is 16.8 Å². The van der Waals surface area contributed by atoms with Gasteiger partial charge in [0.1, 0.15) is 11.4 Å². The fourth-order valence-electron chi connectivity index (χ4n) is 2.08. The summed E-state index contributed by atoms with van der Waals surface area (Å²) in [5.74, 6) is -0.0767. The Bertz CT molecular complexity index is 665. The fourth-order valence-corrected chi connectivity index (χ4v) is 2.61. The number of hydrogen-bond acceptors (Lipinski definition) is 3. The molecule has 20 heavy (non-hydrogen) atoms. The maximum absolute atomic E-state index is 10.8. The molecule has 0 unspecified atom stereocenters. The Morgan fingerprint density at radius 2 is 2.10 bits per heavy atom. The lowest BCUT2D eigenvalue weighted by Gasteiger charge is -2.10. The van der Waals surface area contributed by atoms with Gasteiger partial charge in [0, 0.05) is 5.56 Å². The number of aromatic amines is 1. The van der Waals surface area contributed by atoms with Gasteiger partial charge in [-0.25, -0.2) is 0 Å². The number of halogens is 1.